The average molecular weight is 501 g/mol. The van der Waals surface area contributed by atoms with E-state index in [0.717, 1.165) is 16.5 Å². The van der Waals surface area contributed by atoms with Crippen molar-refractivity contribution in [2.24, 2.45) is 11.5 Å². The summed E-state index contributed by atoms with van der Waals surface area (Å²) in [6, 6.07) is 3.41. The van der Waals surface area contributed by atoms with Gasteiger partial charge in [0.2, 0.25) is 23.6 Å². The first-order valence-corrected chi connectivity index (χ1v) is 11.8. The lowest BCUT2D eigenvalue weighted by Gasteiger charge is -2.28. The van der Waals surface area contributed by atoms with Crippen molar-refractivity contribution in [1.29, 1.82) is 0 Å². The minimum Gasteiger partial charge on any atom is -0.480 e. The fourth-order valence-corrected chi connectivity index (χ4v) is 4.32. The highest BCUT2D eigenvalue weighted by Crippen LogP contribution is 2.23. The number of fused-ring (bicyclic) bond motifs is 1. The van der Waals surface area contributed by atoms with Crippen LogP contribution in [0.15, 0.2) is 30.5 Å². The molecule has 4 unspecified atom stereocenters. The minimum absolute atomic E-state index is 0.0305. The van der Waals surface area contributed by atoms with Crippen LogP contribution in [0.1, 0.15) is 38.2 Å². The lowest BCUT2D eigenvalue weighted by atomic mass is 10.0. The summed E-state index contributed by atoms with van der Waals surface area (Å²) in [7, 11) is 0. The van der Waals surface area contributed by atoms with E-state index in [1.807, 2.05) is 24.3 Å². The molecule has 1 aliphatic heterocycles. The Hall–Kier alpha value is -3.93. The molecule has 1 aliphatic rings. The highest BCUT2D eigenvalue weighted by molar-refractivity contribution is 5.95. The third kappa shape index (κ3) is 6.39. The monoisotopic (exact) mass is 500 g/mol. The van der Waals surface area contributed by atoms with Crippen LogP contribution in [0.25, 0.3) is 10.9 Å². The number of nitrogens with two attached hydrogens (primary N) is 2. The predicted octanol–water partition coefficient (Wildman–Crippen LogP) is -0.632. The largest absolute Gasteiger partial charge is 0.480 e. The molecule has 4 amide bonds. The zero-order valence-corrected chi connectivity index (χ0v) is 20.0. The number of aromatic amines is 1. The number of amides is 4. The molecule has 0 radical (unpaired) electrons. The number of carboxylic acid groups (broad SMARTS) is 1. The second kappa shape index (κ2) is 11.7. The first-order chi connectivity index (χ1) is 17.1. The summed E-state index contributed by atoms with van der Waals surface area (Å²) in [6.45, 7) is 1.72. The van der Waals surface area contributed by atoms with Crippen LogP contribution in [0.5, 0.6) is 0 Å². The molecule has 1 aromatic heterocycles. The van der Waals surface area contributed by atoms with Crippen LogP contribution in [0.2, 0.25) is 0 Å². The molecule has 0 bridgehead atoms. The van der Waals surface area contributed by atoms with E-state index in [1.165, 1.54) is 11.8 Å². The predicted molar refractivity (Wildman–Crippen MR) is 130 cm³/mol. The molecule has 2 heterocycles. The van der Waals surface area contributed by atoms with Gasteiger partial charge in [-0.15, -0.1) is 0 Å². The van der Waals surface area contributed by atoms with Crippen LogP contribution in [0, 0.1) is 0 Å². The lowest BCUT2D eigenvalue weighted by molar-refractivity contribution is -0.149. The van der Waals surface area contributed by atoms with Crippen molar-refractivity contribution in [3.8, 4) is 0 Å². The van der Waals surface area contributed by atoms with Crippen LogP contribution >= 0.6 is 0 Å². The van der Waals surface area contributed by atoms with Gasteiger partial charge in [0.15, 0.2) is 0 Å². The summed E-state index contributed by atoms with van der Waals surface area (Å²) in [5.74, 6) is -3.46. The van der Waals surface area contributed by atoms with Gasteiger partial charge in [0, 0.05) is 36.5 Å². The number of para-hydroxylation sites is 1. The average Bonchev–Trinajstić information content (AvgIpc) is 3.49. The SMILES string of the molecule is CC(NC(=O)C(N)CCC(N)=O)C(=O)NC(Cc1c[nH]c2ccccc12)C(=O)N1CCCC1C(=O)O. The zero-order valence-electron chi connectivity index (χ0n) is 20.0. The molecule has 194 valence electrons. The Kier molecular flexibility index (Phi) is 8.64. The van der Waals surface area contributed by atoms with E-state index < -0.39 is 53.8 Å². The molecule has 0 saturated carbocycles. The highest BCUT2D eigenvalue weighted by atomic mass is 16.4. The summed E-state index contributed by atoms with van der Waals surface area (Å²) < 4.78 is 0. The summed E-state index contributed by atoms with van der Waals surface area (Å²) in [5, 5.41) is 15.6. The summed E-state index contributed by atoms with van der Waals surface area (Å²) >= 11 is 0. The van der Waals surface area contributed by atoms with Crippen LogP contribution in [-0.4, -0.2) is 75.3 Å². The Labute approximate surface area is 207 Å². The molecule has 1 saturated heterocycles. The van der Waals surface area contributed by atoms with Crippen molar-refractivity contribution in [2.45, 2.75) is 63.2 Å². The summed E-state index contributed by atoms with van der Waals surface area (Å²) in [4.78, 5) is 65.7. The molecule has 1 fully saturated rings. The molecule has 2 aromatic rings. The second-order valence-electron chi connectivity index (χ2n) is 8.99. The Morgan fingerprint density at radius 1 is 1.17 bits per heavy atom. The number of rotatable bonds is 11. The van der Waals surface area contributed by atoms with E-state index in [0.29, 0.717) is 12.8 Å². The van der Waals surface area contributed by atoms with Gasteiger partial charge in [0.05, 0.1) is 6.04 Å². The molecule has 36 heavy (non-hydrogen) atoms. The fourth-order valence-electron chi connectivity index (χ4n) is 4.32. The summed E-state index contributed by atoms with van der Waals surface area (Å²) in [5.41, 5.74) is 12.5. The van der Waals surface area contributed by atoms with Crippen LogP contribution < -0.4 is 22.1 Å². The molecule has 12 nitrogen and oxygen atoms in total. The Balaban J connectivity index is 1.76. The van der Waals surface area contributed by atoms with Gasteiger partial charge in [-0.1, -0.05) is 18.2 Å². The van der Waals surface area contributed by atoms with E-state index in [-0.39, 0.29) is 25.8 Å². The molecule has 12 heteroatoms. The quantitative estimate of drug-likeness (QED) is 0.236. The van der Waals surface area contributed by atoms with E-state index in [9.17, 15) is 29.1 Å². The molecular weight excluding hydrogens is 468 g/mol. The van der Waals surface area contributed by atoms with Gasteiger partial charge in [0.1, 0.15) is 18.1 Å². The zero-order chi connectivity index (χ0) is 26.4. The van der Waals surface area contributed by atoms with E-state index >= 15 is 0 Å². The van der Waals surface area contributed by atoms with Crippen molar-refractivity contribution in [3.05, 3.63) is 36.0 Å². The first-order valence-electron chi connectivity index (χ1n) is 11.8. The number of hydrogen-bond acceptors (Lipinski definition) is 6. The highest BCUT2D eigenvalue weighted by Gasteiger charge is 2.38. The molecule has 1 aromatic carbocycles. The van der Waals surface area contributed by atoms with E-state index in [1.54, 1.807) is 6.20 Å². The van der Waals surface area contributed by atoms with E-state index in [2.05, 4.69) is 15.6 Å². The normalized spacial score (nSPS) is 17.8. The fraction of sp³-hybridized carbons (Fsp3) is 0.458. The van der Waals surface area contributed by atoms with Gasteiger partial charge in [0.25, 0.3) is 0 Å². The number of likely N-dealkylation sites (tertiary alicyclic amines) is 1. The number of aliphatic carboxylic acids is 1. The number of aromatic nitrogens is 1. The van der Waals surface area contributed by atoms with Crippen molar-refractivity contribution < 1.29 is 29.1 Å². The maximum atomic E-state index is 13.4. The standard InChI is InChI=1S/C24H32N6O6/c1-13(28-22(33)16(25)8-9-20(26)31)21(32)29-18(23(34)30-10-4-7-19(30)24(35)36)11-14-12-27-17-6-3-2-5-15(14)17/h2-3,5-6,12-13,16,18-19,27H,4,7-11,25H2,1H3,(H2,26,31)(H,28,33)(H,29,32)(H,35,36). The molecule has 0 spiro atoms. The van der Waals surface area contributed by atoms with Gasteiger partial charge in [-0.3, -0.25) is 19.2 Å². The Morgan fingerprint density at radius 3 is 2.58 bits per heavy atom. The van der Waals surface area contributed by atoms with Gasteiger partial charge in [-0.05, 0) is 37.8 Å². The number of hydrogen-bond donors (Lipinski definition) is 6. The van der Waals surface area contributed by atoms with Crippen molar-refractivity contribution in [3.63, 3.8) is 0 Å². The molecule has 0 aliphatic carbocycles. The number of carbonyl (C=O) groups excluding carboxylic acids is 4. The van der Waals surface area contributed by atoms with Crippen molar-refractivity contribution in [1.82, 2.24) is 20.5 Å². The number of benzene rings is 1. The smallest absolute Gasteiger partial charge is 0.326 e. The second-order valence-corrected chi connectivity index (χ2v) is 8.99. The van der Waals surface area contributed by atoms with E-state index in [4.69, 9.17) is 11.5 Å². The van der Waals surface area contributed by atoms with Crippen LogP contribution in [0.4, 0.5) is 0 Å². The molecule has 4 atom stereocenters. The number of nitrogens with one attached hydrogen (secondary N) is 3. The van der Waals surface area contributed by atoms with Gasteiger partial charge >= 0.3 is 5.97 Å². The maximum absolute atomic E-state index is 13.4. The van der Waals surface area contributed by atoms with Gasteiger partial charge in [-0.2, -0.15) is 0 Å². The minimum atomic E-state index is -1.09. The number of nitrogens with zero attached hydrogens (tertiary/aromatic N) is 1. The third-order valence-corrected chi connectivity index (χ3v) is 6.33. The topological polar surface area (TPSA) is 201 Å². The number of carboxylic acids is 1. The first kappa shape index (κ1) is 26.7. The van der Waals surface area contributed by atoms with Crippen LogP contribution in [0.3, 0.4) is 0 Å². The number of primary amides is 1. The summed E-state index contributed by atoms with van der Waals surface area (Å²) in [6.07, 6.45) is 2.71. The lowest BCUT2D eigenvalue weighted by Crippen LogP contribution is -2.57. The van der Waals surface area contributed by atoms with Gasteiger partial charge in [-0.25, -0.2) is 4.79 Å². The van der Waals surface area contributed by atoms with Crippen LogP contribution in [-0.2, 0) is 30.4 Å². The third-order valence-electron chi connectivity index (χ3n) is 6.33. The maximum Gasteiger partial charge on any atom is 0.326 e. The number of H-pyrrole nitrogens is 1. The van der Waals surface area contributed by atoms with Crippen molar-refractivity contribution in [2.75, 3.05) is 6.54 Å². The molecular formula is C24H32N6O6. The van der Waals surface area contributed by atoms with Crippen molar-refractivity contribution >= 4 is 40.5 Å². The molecule has 8 N–H and O–H groups in total. The Bertz CT molecular complexity index is 1150. The Morgan fingerprint density at radius 2 is 1.89 bits per heavy atom. The molecule has 3 rings (SSSR count). The number of carbonyl (C=O) groups is 5. The van der Waals surface area contributed by atoms with Gasteiger partial charge < -0.3 is 37.1 Å².